The molecule has 0 saturated carbocycles. The summed E-state index contributed by atoms with van der Waals surface area (Å²) < 4.78 is 0. The van der Waals surface area contributed by atoms with E-state index in [2.05, 4.69) is 9.97 Å². The summed E-state index contributed by atoms with van der Waals surface area (Å²) in [5.74, 6) is 0.0559. The maximum atomic E-state index is 11.7. The van der Waals surface area contributed by atoms with E-state index in [1.165, 1.54) is 6.33 Å². The molecular formula is C11H17N3O2. The van der Waals surface area contributed by atoms with E-state index in [0.29, 0.717) is 25.9 Å². The Balaban J connectivity index is 2.40. The molecule has 0 fully saturated rings. The summed E-state index contributed by atoms with van der Waals surface area (Å²) in [6.45, 7) is 2.94. The van der Waals surface area contributed by atoms with Gasteiger partial charge in [0.05, 0.1) is 6.61 Å². The van der Waals surface area contributed by atoms with Crippen LogP contribution < -0.4 is 0 Å². The quantitative estimate of drug-likeness (QED) is 0.750. The zero-order chi connectivity index (χ0) is 11.8. The Bertz CT molecular complexity index is 316. The number of aromatic nitrogens is 2. The Morgan fingerprint density at radius 2 is 2.12 bits per heavy atom. The topological polar surface area (TPSA) is 66.3 Å². The van der Waals surface area contributed by atoms with E-state index in [1.54, 1.807) is 17.3 Å². The number of rotatable bonds is 6. The van der Waals surface area contributed by atoms with E-state index in [9.17, 15) is 4.79 Å². The fourth-order valence-corrected chi connectivity index (χ4v) is 1.45. The number of hydrogen-bond acceptors (Lipinski definition) is 4. The van der Waals surface area contributed by atoms with E-state index in [1.807, 2.05) is 6.92 Å². The van der Waals surface area contributed by atoms with Crippen LogP contribution in [-0.4, -0.2) is 45.6 Å². The third kappa shape index (κ3) is 3.94. The summed E-state index contributed by atoms with van der Waals surface area (Å²) in [6.07, 6.45) is 5.96. The first-order chi connectivity index (χ1) is 7.77. The summed E-state index contributed by atoms with van der Waals surface area (Å²) in [5, 5.41) is 8.79. The molecule has 1 amide bonds. The first kappa shape index (κ1) is 12.6. The van der Waals surface area contributed by atoms with Crippen LogP contribution in [0.1, 0.15) is 18.9 Å². The summed E-state index contributed by atoms with van der Waals surface area (Å²) in [4.78, 5) is 21.1. The minimum atomic E-state index is 0.00796. The maximum absolute atomic E-state index is 11.7. The zero-order valence-electron chi connectivity index (χ0n) is 9.46. The average Bonchev–Trinajstić information content (AvgIpc) is 2.34. The number of carbonyl (C=O) groups is 1. The number of hydrogen-bond donors (Lipinski definition) is 1. The molecule has 1 aromatic rings. The van der Waals surface area contributed by atoms with Crippen molar-refractivity contribution in [1.82, 2.24) is 14.9 Å². The van der Waals surface area contributed by atoms with Crippen molar-refractivity contribution in [1.29, 1.82) is 0 Å². The first-order valence-electron chi connectivity index (χ1n) is 5.40. The molecule has 88 valence electrons. The van der Waals surface area contributed by atoms with Gasteiger partial charge in [-0.15, -0.1) is 0 Å². The third-order valence-corrected chi connectivity index (χ3v) is 2.35. The summed E-state index contributed by atoms with van der Waals surface area (Å²) in [5.41, 5.74) is 0.955. The van der Waals surface area contributed by atoms with Crippen LogP contribution in [0, 0.1) is 0 Å². The molecule has 0 aliphatic carbocycles. The Kier molecular flexibility index (Phi) is 5.42. The predicted molar refractivity (Wildman–Crippen MR) is 59.7 cm³/mol. The third-order valence-electron chi connectivity index (χ3n) is 2.35. The van der Waals surface area contributed by atoms with Crippen LogP contribution in [-0.2, 0) is 11.2 Å². The van der Waals surface area contributed by atoms with Gasteiger partial charge in [-0.2, -0.15) is 0 Å². The molecule has 0 atom stereocenters. The average molecular weight is 223 g/mol. The van der Waals surface area contributed by atoms with Crippen molar-refractivity contribution in [2.24, 2.45) is 0 Å². The lowest BCUT2D eigenvalue weighted by Gasteiger charge is -2.19. The van der Waals surface area contributed by atoms with Crippen molar-refractivity contribution in [3.8, 4) is 0 Å². The zero-order valence-corrected chi connectivity index (χ0v) is 9.46. The molecule has 0 aromatic carbocycles. The van der Waals surface area contributed by atoms with Crippen LogP contribution in [0.3, 0.4) is 0 Å². The van der Waals surface area contributed by atoms with Crippen molar-refractivity contribution in [2.45, 2.75) is 19.8 Å². The van der Waals surface area contributed by atoms with Crippen molar-refractivity contribution in [3.05, 3.63) is 24.3 Å². The second-order valence-electron chi connectivity index (χ2n) is 3.44. The van der Waals surface area contributed by atoms with Gasteiger partial charge in [0, 0.05) is 31.9 Å². The number of amides is 1. The van der Waals surface area contributed by atoms with Crippen molar-refractivity contribution < 1.29 is 9.90 Å². The van der Waals surface area contributed by atoms with Crippen LogP contribution in [0.2, 0.25) is 0 Å². The van der Waals surface area contributed by atoms with Gasteiger partial charge >= 0.3 is 0 Å². The monoisotopic (exact) mass is 223 g/mol. The second kappa shape index (κ2) is 6.90. The normalized spacial score (nSPS) is 10.1. The Hall–Kier alpha value is -1.49. The summed E-state index contributed by atoms with van der Waals surface area (Å²) in [6, 6.07) is 0. The van der Waals surface area contributed by atoms with Crippen molar-refractivity contribution >= 4 is 5.91 Å². The highest BCUT2D eigenvalue weighted by Gasteiger charge is 2.10. The molecule has 0 bridgehead atoms. The van der Waals surface area contributed by atoms with Crippen molar-refractivity contribution in [3.63, 3.8) is 0 Å². The lowest BCUT2D eigenvalue weighted by atomic mass is 10.2. The molecule has 0 spiro atoms. The Morgan fingerprint density at radius 1 is 1.44 bits per heavy atom. The molecule has 1 N–H and O–H groups in total. The van der Waals surface area contributed by atoms with Gasteiger partial charge in [-0.05, 0) is 18.9 Å². The van der Waals surface area contributed by atoms with Crippen LogP contribution in [0.4, 0.5) is 0 Å². The van der Waals surface area contributed by atoms with Gasteiger partial charge in [0.15, 0.2) is 0 Å². The van der Waals surface area contributed by atoms with Gasteiger partial charge in [-0.1, -0.05) is 0 Å². The number of nitrogens with zero attached hydrogens (tertiary/aromatic N) is 3. The molecule has 1 rings (SSSR count). The number of aliphatic hydroxyl groups excluding tert-OH is 1. The molecule has 5 nitrogen and oxygen atoms in total. The van der Waals surface area contributed by atoms with Gasteiger partial charge in [0.25, 0.3) is 0 Å². The van der Waals surface area contributed by atoms with Gasteiger partial charge in [-0.25, -0.2) is 9.97 Å². The minimum Gasteiger partial charge on any atom is -0.395 e. The standard InChI is InChI=1S/C11H17N3O2/c1-2-14(5-6-15)11(16)4-3-10-7-12-9-13-8-10/h7-9,15H,2-6H2,1H3. The van der Waals surface area contributed by atoms with E-state index < -0.39 is 0 Å². The lowest BCUT2D eigenvalue weighted by Crippen LogP contribution is -2.33. The van der Waals surface area contributed by atoms with Crippen LogP contribution in [0.15, 0.2) is 18.7 Å². The highest BCUT2D eigenvalue weighted by molar-refractivity contribution is 5.76. The number of aliphatic hydroxyl groups is 1. The van der Waals surface area contributed by atoms with E-state index in [4.69, 9.17) is 5.11 Å². The second-order valence-corrected chi connectivity index (χ2v) is 3.44. The first-order valence-corrected chi connectivity index (χ1v) is 5.40. The van der Waals surface area contributed by atoms with E-state index in [0.717, 1.165) is 5.56 Å². The lowest BCUT2D eigenvalue weighted by molar-refractivity contribution is -0.131. The summed E-state index contributed by atoms with van der Waals surface area (Å²) >= 11 is 0. The maximum Gasteiger partial charge on any atom is 0.222 e. The molecule has 0 radical (unpaired) electrons. The SMILES string of the molecule is CCN(CCO)C(=O)CCc1cncnc1. The molecule has 0 saturated heterocycles. The fourth-order valence-electron chi connectivity index (χ4n) is 1.45. The van der Waals surface area contributed by atoms with Crippen LogP contribution >= 0.6 is 0 Å². The molecule has 5 heteroatoms. The Morgan fingerprint density at radius 3 is 2.69 bits per heavy atom. The van der Waals surface area contributed by atoms with Crippen molar-refractivity contribution in [2.75, 3.05) is 19.7 Å². The summed E-state index contributed by atoms with van der Waals surface area (Å²) in [7, 11) is 0. The molecule has 16 heavy (non-hydrogen) atoms. The number of likely N-dealkylation sites (N-methyl/N-ethyl adjacent to an activating group) is 1. The molecule has 0 unspecified atom stereocenters. The fraction of sp³-hybridized carbons (Fsp3) is 0.545. The highest BCUT2D eigenvalue weighted by atomic mass is 16.3. The molecule has 0 aliphatic heterocycles. The predicted octanol–water partition coefficient (Wildman–Crippen LogP) is 0.250. The van der Waals surface area contributed by atoms with Crippen LogP contribution in [0.5, 0.6) is 0 Å². The molecule has 0 aliphatic rings. The van der Waals surface area contributed by atoms with E-state index >= 15 is 0 Å². The van der Waals surface area contributed by atoms with Gasteiger partial charge in [0.1, 0.15) is 6.33 Å². The largest absolute Gasteiger partial charge is 0.395 e. The molecule has 1 aromatic heterocycles. The number of carbonyl (C=O) groups excluding carboxylic acids is 1. The Labute approximate surface area is 95.1 Å². The van der Waals surface area contributed by atoms with Gasteiger partial charge < -0.3 is 10.0 Å². The smallest absolute Gasteiger partial charge is 0.222 e. The highest BCUT2D eigenvalue weighted by Crippen LogP contribution is 2.02. The minimum absolute atomic E-state index is 0.00796. The van der Waals surface area contributed by atoms with Gasteiger partial charge in [-0.3, -0.25) is 4.79 Å². The molecular weight excluding hydrogens is 206 g/mol. The number of aryl methyl sites for hydroxylation is 1. The molecule has 1 heterocycles. The van der Waals surface area contributed by atoms with Crippen LogP contribution in [0.25, 0.3) is 0 Å². The van der Waals surface area contributed by atoms with E-state index in [-0.39, 0.29) is 12.5 Å². The van der Waals surface area contributed by atoms with Gasteiger partial charge in [0.2, 0.25) is 5.91 Å².